The van der Waals surface area contributed by atoms with Gasteiger partial charge in [-0.2, -0.15) is 8.78 Å². The number of nitrogens with zero attached hydrogens (tertiary/aromatic N) is 2. The molecule has 3 nitrogen and oxygen atoms in total. The van der Waals surface area contributed by atoms with Crippen molar-refractivity contribution in [2.75, 3.05) is 12.4 Å². The maximum Gasteiger partial charge on any atom is 0.301 e. The van der Waals surface area contributed by atoms with E-state index in [1.807, 2.05) is 37.3 Å². The molecule has 8 heteroatoms. The highest BCUT2D eigenvalue weighted by Crippen LogP contribution is 2.33. The van der Waals surface area contributed by atoms with Gasteiger partial charge in [0.1, 0.15) is 6.61 Å². The predicted octanol–water partition coefficient (Wildman–Crippen LogP) is 5.74. The maximum absolute atomic E-state index is 12.8. The molecule has 0 aliphatic rings. The minimum absolute atomic E-state index is 0.187. The molecule has 0 radical (unpaired) electrons. The van der Waals surface area contributed by atoms with E-state index in [0.717, 1.165) is 16.1 Å². The fourth-order valence-electron chi connectivity index (χ4n) is 1.75. The van der Waals surface area contributed by atoms with Gasteiger partial charge < -0.3 is 4.84 Å². The van der Waals surface area contributed by atoms with E-state index < -0.39 is 11.9 Å². The Labute approximate surface area is 146 Å². The van der Waals surface area contributed by atoms with Crippen molar-refractivity contribution >= 4 is 29.3 Å². The van der Waals surface area contributed by atoms with E-state index in [4.69, 9.17) is 4.84 Å². The van der Waals surface area contributed by atoms with E-state index in [9.17, 15) is 13.2 Å². The highest BCUT2D eigenvalue weighted by molar-refractivity contribution is 8.01. The van der Waals surface area contributed by atoms with E-state index in [-0.39, 0.29) is 12.2 Å². The number of hydrogen-bond donors (Lipinski definition) is 0. The molecular formula is C16H15F3N2OS2. The van der Waals surface area contributed by atoms with Crippen LogP contribution in [0.3, 0.4) is 0 Å². The summed E-state index contributed by atoms with van der Waals surface area (Å²) in [5, 5.41) is 3.86. The molecule has 0 amide bonds. The van der Waals surface area contributed by atoms with Crippen LogP contribution in [0.15, 0.2) is 51.7 Å². The van der Waals surface area contributed by atoms with Gasteiger partial charge in [0.2, 0.25) is 0 Å². The average Bonchev–Trinajstić information content (AvgIpc) is 2.99. The molecule has 1 aromatic carbocycles. The summed E-state index contributed by atoms with van der Waals surface area (Å²) in [4.78, 5) is 10.3. The monoisotopic (exact) mass is 372 g/mol. The molecule has 0 saturated heterocycles. The van der Waals surface area contributed by atoms with Crippen LogP contribution >= 0.6 is 23.1 Å². The van der Waals surface area contributed by atoms with Gasteiger partial charge in [0.05, 0.1) is 16.8 Å². The third kappa shape index (κ3) is 5.38. The molecule has 2 aromatic rings. The zero-order valence-electron chi connectivity index (χ0n) is 12.8. The van der Waals surface area contributed by atoms with Crippen molar-refractivity contribution in [3.8, 4) is 11.3 Å². The van der Waals surface area contributed by atoms with Gasteiger partial charge in [-0.25, -0.2) is 9.37 Å². The van der Waals surface area contributed by atoms with Crippen LogP contribution in [0.1, 0.15) is 18.2 Å². The Morgan fingerprint density at radius 3 is 2.71 bits per heavy atom. The molecule has 0 unspecified atom stereocenters. The molecule has 0 bridgehead atoms. The summed E-state index contributed by atoms with van der Waals surface area (Å²) in [6.07, 6.45) is -1.01. The number of allylic oxidation sites excluding steroid dienone is 1. The molecule has 24 heavy (non-hydrogen) atoms. The number of rotatable bonds is 8. The highest BCUT2D eigenvalue weighted by atomic mass is 32.2. The fraction of sp³-hybridized carbons (Fsp3) is 0.250. The molecule has 1 heterocycles. The lowest BCUT2D eigenvalue weighted by atomic mass is 10.1. The summed E-state index contributed by atoms with van der Waals surface area (Å²) in [5.74, 6) is -1.19. The number of oxime groups is 1. The lowest BCUT2D eigenvalue weighted by molar-refractivity contribution is 0.160. The first kappa shape index (κ1) is 18.5. The van der Waals surface area contributed by atoms with Gasteiger partial charge in [0, 0.05) is 17.7 Å². The molecule has 0 N–H and O–H groups in total. The van der Waals surface area contributed by atoms with Crippen LogP contribution < -0.4 is 0 Å². The molecule has 0 spiro atoms. The van der Waals surface area contributed by atoms with Crippen molar-refractivity contribution in [1.82, 2.24) is 4.98 Å². The van der Waals surface area contributed by atoms with Gasteiger partial charge in [-0.1, -0.05) is 47.2 Å². The van der Waals surface area contributed by atoms with Gasteiger partial charge in [-0.3, -0.25) is 0 Å². The van der Waals surface area contributed by atoms with E-state index in [1.165, 1.54) is 23.1 Å². The second kappa shape index (κ2) is 9.48. The van der Waals surface area contributed by atoms with Crippen LogP contribution in [-0.4, -0.2) is 23.6 Å². The minimum atomic E-state index is -2.26. The summed E-state index contributed by atoms with van der Waals surface area (Å²) in [5.41, 5.74) is 1.65. The Kier molecular flexibility index (Phi) is 7.33. The molecule has 0 atom stereocenters. The topological polar surface area (TPSA) is 34.5 Å². The summed E-state index contributed by atoms with van der Waals surface area (Å²) in [7, 11) is 0. The second-order valence-corrected chi connectivity index (χ2v) is 6.85. The van der Waals surface area contributed by atoms with Gasteiger partial charge >= 0.3 is 6.08 Å². The van der Waals surface area contributed by atoms with Crippen LogP contribution in [0.25, 0.3) is 11.3 Å². The Hall–Kier alpha value is -1.80. The van der Waals surface area contributed by atoms with E-state index >= 15 is 0 Å². The van der Waals surface area contributed by atoms with Crippen LogP contribution in [0.2, 0.25) is 0 Å². The number of halogens is 3. The first-order valence-corrected chi connectivity index (χ1v) is 8.96. The quantitative estimate of drug-likeness (QED) is 0.337. The van der Waals surface area contributed by atoms with Gasteiger partial charge in [0.15, 0.2) is 10.2 Å². The molecule has 0 saturated carbocycles. The number of thioether (sulfide) groups is 1. The minimum Gasteiger partial charge on any atom is -0.396 e. The fourth-order valence-corrected chi connectivity index (χ4v) is 3.79. The summed E-state index contributed by atoms with van der Waals surface area (Å²) in [6.45, 7) is 2.29. The zero-order chi connectivity index (χ0) is 17.4. The van der Waals surface area contributed by atoms with Gasteiger partial charge in [0.25, 0.3) is 0 Å². The standard InChI is InChI=1S/C16H15F3N2OS2/c1-2-22-20-10-13-14(11-6-4-3-5-7-11)21-16(24-13)23-9-8-12(17)15(18)19/h3-7,10H,2,8-9H2,1H3/b20-10-. The molecule has 0 aliphatic heterocycles. The smallest absolute Gasteiger partial charge is 0.301 e. The molecule has 2 rings (SSSR count). The molecule has 0 fully saturated rings. The number of hydrogen-bond acceptors (Lipinski definition) is 5. The van der Waals surface area contributed by atoms with Crippen LogP contribution in [0.5, 0.6) is 0 Å². The largest absolute Gasteiger partial charge is 0.396 e. The summed E-state index contributed by atoms with van der Waals surface area (Å²) in [6, 6.07) is 9.54. The lowest BCUT2D eigenvalue weighted by Crippen LogP contribution is -1.86. The normalized spacial score (nSPS) is 11.0. The zero-order valence-corrected chi connectivity index (χ0v) is 14.5. The summed E-state index contributed by atoms with van der Waals surface area (Å²) >= 11 is 2.59. The Morgan fingerprint density at radius 2 is 2.04 bits per heavy atom. The van der Waals surface area contributed by atoms with E-state index in [1.54, 1.807) is 6.21 Å². The Balaban J connectivity index is 2.17. The summed E-state index contributed by atoms with van der Waals surface area (Å²) < 4.78 is 37.6. The van der Waals surface area contributed by atoms with Crippen LogP contribution in [0, 0.1) is 0 Å². The predicted molar refractivity (Wildman–Crippen MR) is 92.5 cm³/mol. The van der Waals surface area contributed by atoms with Crippen LogP contribution in [-0.2, 0) is 4.84 Å². The number of aromatic nitrogens is 1. The Morgan fingerprint density at radius 1 is 1.29 bits per heavy atom. The SMILES string of the molecule is CCO/N=C\c1sc(SCCC(F)=C(F)F)nc1-c1ccccc1. The maximum atomic E-state index is 12.8. The van der Waals surface area contributed by atoms with Crippen molar-refractivity contribution in [1.29, 1.82) is 0 Å². The first-order valence-electron chi connectivity index (χ1n) is 7.15. The van der Waals surface area contributed by atoms with Crippen molar-refractivity contribution < 1.29 is 18.0 Å². The number of benzene rings is 1. The molecule has 0 aliphatic carbocycles. The Bertz CT molecular complexity index is 713. The highest BCUT2D eigenvalue weighted by Gasteiger charge is 2.13. The van der Waals surface area contributed by atoms with E-state index in [0.29, 0.717) is 10.9 Å². The average molecular weight is 372 g/mol. The number of thiazole rings is 1. The molecular weight excluding hydrogens is 357 g/mol. The third-order valence-electron chi connectivity index (χ3n) is 2.81. The first-order chi connectivity index (χ1) is 11.6. The van der Waals surface area contributed by atoms with E-state index in [2.05, 4.69) is 10.1 Å². The van der Waals surface area contributed by atoms with Crippen molar-refractivity contribution in [2.24, 2.45) is 5.16 Å². The molecule has 128 valence electrons. The van der Waals surface area contributed by atoms with Gasteiger partial charge in [-0.05, 0) is 6.92 Å². The van der Waals surface area contributed by atoms with Crippen molar-refractivity contribution in [2.45, 2.75) is 17.7 Å². The van der Waals surface area contributed by atoms with Crippen LogP contribution in [0.4, 0.5) is 13.2 Å². The van der Waals surface area contributed by atoms with Gasteiger partial charge in [-0.15, -0.1) is 11.3 Å². The third-order valence-corrected chi connectivity index (χ3v) is 4.94. The molecule has 1 aromatic heterocycles. The van der Waals surface area contributed by atoms with Crippen molar-refractivity contribution in [3.63, 3.8) is 0 Å². The lowest BCUT2D eigenvalue weighted by Gasteiger charge is -1.98. The van der Waals surface area contributed by atoms with Crippen molar-refractivity contribution in [3.05, 3.63) is 47.1 Å². The second-order valence-electron chi connectivity index (χ2n) is 4.47.